The summed E-state index contributed by atoms with van der Waals surface area (Å²) >= 11 is 0. The number of rotatable bonds is 5. The first kappa shape index (κ1) is 21.2. The lowest BCUT2D eigenvalue weighted by Crippen LogP contribution is -2.43. The molecule has 1 rings (SSSR count). The Balaban J connectivity index is 2.81. The van der Waals surface area contributed by atoms with E-state index in [9.17, 15) is 14.7 Å². The van der Waals surface area contributed by atoms with Crippen molar-refractivity contribution < 1.29 is 14.7 Å². The summed E-state index contributed by atoms with van der Waals surface area (Å²) in [5, 5.41) is 15.1. The van der Waals surface area contributed by atoms with Crippen molar-refractivity contribution in [3.8, 4) is 0 Å². The second kappa shape index (κ2) is 8.48. The highest BCUT2D eigenvalue weighted by molar-refractivity contribution is 6.39. The molecule has 1 atom stereocenters. The molecule has 0 aliphatic rings. The van der Waals surface area contributed by atoms with E-state index >= 15 is 0 Å². The normalized spacial score (nSPS) is 13.0. The van der Waals surface area contributed by atoms with Gasteiger partial charge in [-0.2, -0.15) is 0 Å². The van der Waals surface area contributed by atoms with Crippen molar-refractivity contribution in [1.29, 1.82) is 0 Å². The van der Waals surface area contributed by atoms with Gasteiger partial charge in [0, 0.05) is 12.2 Å². The fraction of sp³-hybridized carbons (Fsp3) is 0.600. The number of benzene rings is 1. The molecule has 1 aromatic rings. The van der Waals surface area contributed by atoms with Gasteiger partial charge in [0.1, 0.15) is 0 Å². The van der Waals surface area contributed by atoms with Gasteiger partial charge in [-0.1, -0.05) is 60.6 Å². The summed E-state index contributed by atoms with van der Waals surface area (Å²) in [4.78, 5) is 24.2. The molecule has 0 aliphatic carbocycles. The Bertz CT molecular complexity index is 616. The van der Waals surface area contributed by atoms with Crippen LogP contribution in [-0.2, 0) is 9.59 Å². The summed E-state index contributed by atoms with van der Waals surface area (Å²) in [6.07, 6.45) is -0.721. The highest BCUT2D eigenvalue weighted by atomic mass is 16.3. The first-order valence-corrected chi connectivity index (χ1v) is 8.84. The minimum atomic E-state index is -0.744. The van der Waals surface area contributed by atoms with Crippen molar-refractivity contribution in [2.24, 2.45) is 5.41 Å². The van der Waals surface area contributed by atoms with E-state index in [1.807, 2.05) is 32.9 Å². The molecular weight excluding hydrogens is 316 g/mol. The molecule has 140 valence electrons. The number of aliphatic hydroxyl groups excluding tert-OH is 1. The third-order valence-corrected chi connectivity index (χ3v) is 4.27. The molecule has 0 aromatic heterocycles. The fourth-order valence-electron chi connectivity index (χ4n) is 2.29. The number of carbonyl (C=O) groups is 2. The van der Waals surface area contributed by atoms with Gasteiger partial charge >= 0.3 is 11.8 Å². The van der Waals surface area contributed by atoms with E-state index in [1.165, 1.54) is 5.56 Å². The molecule has 3 N–H and O–H groups in total. The Morgan fingerprint density at radius 2 is 1.64 bits per heavy atom. The molecule has 0 bridgehead atoms. The van der Waals surface area contributed by atoms with Crippen LogP contribution in [0.2, 0.25) is 0 Å². The first-order valence-electron chi connectivity index (χ1n) is 8.84. The van der Waals surface area contributed by atoms with Gasteiger partial charge in [0.25, 0.3) is 0 Å². The summed E-state index contributed by atoms with van der Waals surface area (Å²) in [5.74, 6) is -0.851. The van der Waals surface area contributed by atoms with Crippen LogP contribution >= 0.6 is 0 Å². The molecule has 1 aromatic carbocycles. The van der Waals surface area contributed by atoms with Gasteiger partial charge < -0.3 is 15.7 Å². The molecule has 0 heterocycles. The summed E-state index contributed by atoms with van der Waals surface area (Å²) in [7, 11) is 0. The maximum atomic E-state index is 12.2. The highest BCUT2D eigenvalue weighted by Crippen LogP contribution is 2.28. The van der Waals surface area contributed by atoms with E-state index in [4.69, 9.17) is 0 Å². The molecule has 25 heavy (non-hydrogen) atoms. The number of amides is 2. The minimum Gasteiger partial charge on any atom is -0.391 e. The lowest BCUT2D eigenvalue weighted by atomic mass is 9.89. The van der Waals surface area contributed by atoms with Crippen LogP contribution in [0.5, 0.6) is 0 Å². The van der Waals surface area contributed by atoms with Gasteiger partial charge in [-0.15, -0.1) is 0 Å². The van der Waals surface area contributed by atoms with Crippen molar-refractivity contribution in [2.75, 3.05) is 11.9 Å². The van der Waals surface area contributed by atoms with Crippen molar-refractivity contribution in [3.05, 3.63) is 29.3 Å². The molecule has 0 saturated heterocycles. The van der Waals surface area contributed by atoms with Gasteiger partial charge in [0.15, 0.2) is 0 Å². The number of aliphatic hydroxyl groups is 1. The number of nitrogens with one attached hydrogen (secondary N) is 2. The third kappa shape index (κ3) is 6.16. The number of hydrogen-bond acceptors (Lipinski definition) is 3. The predicted octanol–water partition coefficient (Wildman–Crippen LogP) is 3.40. The van der Waals surface area contributed by atoms with Crippen molar-refractivity contribution in [2.45, 2.75) is 66.4 Å². The Labute approximate surface area is 151 Å². The molecule has 0 saturated carbocycles. The molecule has 0 spiro atoms. The molecule has 0 radical (unpaired) electrons. The summed E-state index contributed by atoms with van der Waals surface area (Å²) in [6.45, 7) is 14.0. The molecule has 5 heteroatoms. The maximum absolute atomic E-state index is 12.2. The predicted molar refractivity (Wildman–Crippen MR) is 102 cm³/mol. The van der Waals surface area contributed by atoms with Crippen LogP contribution in [0.3, 0.4) is 0 Å². The summed E-state index contributed by atoms with van der Waals surface area (Å²) in [6, 6.07) is 5.89. The van der Waals surface area contributed by atoms with Gasteiger partial charge in [0.2, 0.25) is 0 Å². The van der Waals surface area contributed by atoms with E-state index < -0.39 is 17.9 Å². The summed E-state index contributed by atoms with van der Waals surface area (Å²) in [5.41, 5.74) is 2.48. The Kier molecular flexibility index (Phi) is 7.17. The molecule has 0 fully saturated rings. The molecular formula is C20H32N2O3. The number of carbonyl (C=O) groups excluding carboxylic acids is 2. The van der Waals surface area contributed by atoms with Gasteiger partial charge in [-0.05, 0) is 34.4 Å². The van der Waals surface area contributed by atoms with Gasteiger partial charge in [0.05, 0.1) is 6.10 Å². The highest BCUT2D eigenvalue weighted by Gasteiger charge is 2.24. The Morgan fingerprint density at radius 1 is 1.04 bits per heavy atom. The SMILES string of the molecule is CC(C)c1ccc(NC(=O)C(=O)NCC(O)C(C)(C)C)c(C(C)C)c1. The van der Waals surface area contributed by atoms with Crippen LogP contribution in [0.1, 0.15) is 71.4 Å². The van der Waals surface area contributed by atoms with Crippen molar-refractivity contribution in [1.82, 2.24) is 5.32 Å². The second-order valence-electron chi connectivity index (χ2n) is 8.20. The summed E-state index contributed by atoms with van der Waals surface area (Å²) < 4.78 is 0. The van der Waals surface area contributed by atoms with Crippen LogP contribution in [0.15, 0.2) is 18.2 Å². The van der Waals surface area contributed by atoms with E-state index in [1.54, 1.807) is 0 Å². The number of anilines is 1. The largest absolute Gasteiger partial charge is 0.391 e. The molecule has 5 nitrogen and oxygen atoms in total. The fourth-order valence-corrected chi connectivity index (χ4v) is 2.29. The lowest BCUT2D eigenvalue weighted by molar-refractivity contribution is -0.136. The van der Waals surface area contributed by atoms with Crippen LogP contribution in [-0.4, -0.2) is 29.6 Å². The van der Waals surface area contributed by atoms with Crippen molar-refractivity contribution in [3.63, 3.8) is 0 Å². The topological polar surface area (TPSA) is 78.4 Å². The lowest BCUT2D eigenvalue weighted by Gasteiger charge is -2.25. The third-order valence-electron chi connectivity index (χ3n) is 4.27. The molecule has 0 aliphatic heterocycles. The van der Waals surface area contributed by atoms with E-state index in [-0.39, 0.29) is 17.9 Å². The van der Waals surface area contributed by atoms with Crippen LogP contribution in [0.4, 0.5) is 5.69 Å². The smallest absolute Gasteiger partial charge is 0.313 e. The maximum Gasteiger partial charge on any atom is 0.313 e. The Hall–Kier alpha value is -1.88. The Morgan fingerprint density at radius 3 is 2.12 bits per heavy atom. The van der Waals surface area contributed by atoms with Gasteiger partial charge in [-0.3, -0.25) is 9.59 Å². The quantitative estimate of drug-likeness (QED) is 0.714. The monoisotopic (exact) mass is 348 g/mol. The van der Waals surface area contributed by atoms with Crippen LogP contribution < -0.4 is 10.6 Å². The zero-order chi connectivity index (χ0) is 19.4. The van der Waals surface area contributed by atoms with E-state index in [2.05, 4.69) is 44.4 Å². The van der Waals surface area contributed by atoms with Crippen LogP contribution in [0, 0.1) is 5.41 Å². The molecule has 1 unspecified atom stereocenters. The zero-order valence-electron chi connectivity index (χ0n) is 16.4. The minimum absolute atomic E-state index is 0.0408. The average Bonchev–Trinajstić information content (AvgIpc) is 2.50. The van der Waals surface area contributed by atoms with E-state index in [0.29, 0.717) is 11.6 Å². The second-order valence-corrected chi connectivity index (χ2v) is 8.20. The first-order chi connectivity index (χ1) is 11.4. The molecule has 2 amide bonds. The van der Waals surface area contributed by atoms with Crippen molar-refractivity contribution >= 4 is 17.5 Å². The van der Waals surface area contributed by atoms with E-state index in [0.717, 1.165) is 5.56 Å². The average molecular weight is 348 g/mol. The standard InChI is InChI=1S/C20H32N2O3/c1-12(2)14-8-9-16(15(10-14)13(3)4)22-19(25)18(24)21-11-17(23)20(5,6)7/h8-10,12-13,17,23H,11H2,1-7H3,(H,21,24)(H,22,25). The zero-order valence-corrected chi connectivity index (χ0v) is 16.4. The number of hydrogen-bond donors (Lipinski definition) is 3. The van der Waals surface area contributed by atoms with Crippen LogP contribution in [0.25, 0.3) is 0 Å². The van der Waals surface area contributed by atoms with Gasteiger partial charge in [-0.25, -0.2) is 0 Å².